The molecule has 3 fully saturated rings. The zero-order valence-corrected chi connectivity index (χ0v) is 18.7. The molecule has 4 amide bonds. The summed E-state index contributed by atoms with van der Waals surface area (Å²) in [5.74, 6) is -0.534. The van der Waals surface area contributed by atoms with Gasteiger partial charge in [-0.25, -0.2) is 9.59 Å². The Balaban J connectivity index is 1.39. The number of nitrogens with one attached hydrogen (secondary N) is 1. The number of carbonyl (C=O) groups excluding carboxylic acids is 4. The third-order valence-corrected chi connectivity index (χ3v) is 6.88. The number of urea groups is 1. The van der Waals surface area contributed by atoms with Crippen molar-refractivity contribution >= 4 is 29.9 Å². The number of imide groups is 2. The average molecular weight is 460 g/mol. The van der Waals surface area contributed by atoms with Crippen LogP contribution in [0.4, 0.5) is 4.79 Å². The summed E-state index contributed by atoms with van der Waals surface area (Å²) in [6, 6.07) is 12.5. The first kappa shape index (κ1) is 21.9. The van der Waals surface area contributed by atoms with E-state index in [1.807, 2.05) is 0 Å². The molecule has 3 atom stereocenters. The SMILES string of the molecule is COc1cc(/C=C2\C(=O)NC(=O)N([C@@H]3C[C@H]4CC[C@H]3C4)C2=O)ccc1OC(=O)c1ccccc1. The number of methoxy groups -OCH3 is 1. The van der Waals surface area contributed by atoms with Crippen LogP contribution in [0, 0.1) is 11.8 Å². The van der Waals surface area contributed by atoms with Gasteiger partial charge in [0.25, 0.3) is 11.8 Å². The first-order chi connectivity index (χ1) is 16.4. The maximum atomic E-state index is 13.2. The van der Waals surface area contributed by atoms with Crippen LogP contribution < -0.4 is 14.8 Å². The van der Waals surface area contributed by atoms with Crippen molar-refractivity contribution < 1.29 is 28.7 Å². The maximum absolute atomic E-state index is 13.2. The van der Waals surface area contributed by atoms with E-state index in [2.05, 4.69) is 5.32 Å². The first-order valence-corrected chi connectivity index (χ1v) is 11.3. The van der Waals surface area contributed by atoms with Crippen LogP contribution >= 0.6 is 0 Å². The first-order valence-electron chi connectivity index (χ1n) is 11.3. The van der Waals surface area contributed by atoms with E-state index in [0.717, 1.165) is 25.7 Å². The van der Waals surface area contributed by atoms with Crippen molar-refractivity contribution in [3.63, 3.8) is 0 Å². The third kappa shape index (κ3) is 3.96. The third-order valence-electron chi connectivity index (χ3n) is 6.88. The Hall–Kier alpha value is -3.94. The fourth-order valence-corrected chi connectivity index (χ4v) is 5.26. The lowest BCUT2D eigenvalue weighted by Crippen LogP contribution is -2.58. The van der Waals surface area contributed by atoms with Crippen LogP contribution in [0.2, 0.25) is 0 Å². The van der Waals surface area contributed by atoms with E-state index >= 15 is 0 Å². The molecule has 0 aromatic heterocycles. The Morgan fingerprint density at radius 1 is 1.03 bits per heavy atom. The second-order valence-corrected chi connectivity index (χ2v) is 8.90. The number of hydrogen-bond donors (Lipinski definition) is 1. The number of nitrogens with zero attached hydrogens (tertiary/aromatic N) is 1. The predicted molar refractivity (Wildman–Crippen MR) is 122 cm³/mol. The van der Waals surface area contributed by atoms with Crippen LogP contribution in [-0.4, -0.2) is 41.9 Å². The van der Waals surface area contributed by atoms with Crippen molar-refractivity contribution in [2.75, 3.05) is 7.11 Å². The van der Waals surface area contributed by atoms with E-state index in [9.17, 15) is 19.2 Å². The van der Waals surface area contributed by atoms with E-state index in [4.69, 9.17) is 9.47 Å². The summed E-state index contributed by atoms with van der Waals surface area (Å²) in [7, 11) is 1.43. The molecule has 2 aromatic rings. The molecule has 1 saturated heterocycles. The van der Waals surface area contributed by atoms with Gasteiger partial charge < -0.3 is 9.47 Å². The second kappa shape index (κ2) is 8.78. The molecule has 2 aromatic carbocycles. The van der Waals surface area contributed by atoms with Gasteiger partial charge in [-0.15, -0.1) is 0 Å². The fraction of sp³-hybridized carbons (Fsp3) is 0.308. The van der Waals surface area contributed by atoms with Gasteiger partial charge in [-0.3, -0.25) is 19.8 Å². The largest absolute Gasteiger partial charge is 0.493 e. The lowest BCUT2D eigenvalue weighted by atomic mass is 9.93. The summed E-state index contributed by atoms with van der Waals surface area (Å²) >= 11 is 0. The van der Waals surface area contributed by atoms with Crippen LogP contribution in [0.5, 0.6) is 11.5 Å². The fourth-order valence-electron chi connectivity index (χ4n) is 5.26. The van der Waals surface area contributed by atoms with Crippen LogP contribution in [-0.2, 0) is 9.59 Å². The minimum Gasteiger partial charge on any atom is -0.493 e. The Morgan fingerprint density at radius 3 is 2.50 bits per heavy atom. The van der Waals surface area contributed by atoms with Gasteiger partial charge in [0.1, 0.15) is 5.57 Å². The number of esters is 1. The molecule has 8 heteroatoms. The van der Waals surface area contributed by atoms with E-state index in [0.29, 0.717) is 23.0 Å². The van der Waals surface area contributed by atoms with Gasteiger partial charge in [0.2, 0.25) is 0 Å². The van der Waals surface area contributed by atoms with Crippen molar-refractivity contribution in [3.8, 4) is 11.5 Å². The number of benzene rings is 2. The normalized spacial score (nSPS) is 25.0. The van der Waals surface area contributed by atoms with Gasteiger partial charge in [0, 0.05) is 6.04 Å². The van der Waals surface area contributed by atoms with Crippen LogP contribution in [0.25, 0.3) is 6.08 Å². The highest BCUT2D eigenvalue weighted by Crippen LogP contribution is 2.47. The van der Waals surface area contributed by atoms with Gasteiger partial charge >= 0.3 is 12.0 Å². The minimum atomic E-state index is -0.729. The monoisotopic (exact) mass is 460 g/mol. The van der Waals surface area contributed by atoms with Gasteiger partial charge in [0.15, 0.2) is 11.5 Å². The zero-order valence-electron chi connectivity index (χ0n) is 18.7. The van der Waals surface area contributed by atoms with E-state index in [1.165, 1.54) is 24.2 Å². The molecule has 3 aliphatic rings. The lowest BCUT2D eigenvalue weighted by molar-refractivity contribution is -0.132. The second-order valence-electron chi connectivity index (χ2n) is 8.90. The summed E-state index contributed by atoms with van der Waals surface area (Å²) < 4.78 is 10.8. The van der Waals surface area contributed by atoms with Crippen LogP contribution in [0.3, 0.4) is 0 Å². The molecule has 2 saturated carbocycles. The van der Waals surface area contributed by atoms with Gasteiger partial charge in [-0.2, -0.15) is 0 Å². The molecule has 1 heterocycles. The molecule has 1 N–H and O–H groups in total. The molecule has 174 valence electrons. The van der Waals surface area contributed by atoms with Crippen LogP contribution in [0.1, 0.15) is 41.6 Å². The molecule has 2 aliphatic carbocycles. The van der Waals surface area contributed by atoms with Crippen molar-refractivity contribution in [1.29, 1.82) is 0 Å². The Morgan fingerprint density at radius 2 is 1.82 bits per heavy atom. The molecule has 8 nitrogen and oxygen atoms in total. The highest BCUT2D eigenvalue weighted by molar-refractivity contribution is 6.31. The number of carbonyl (C=O) groups is 4. The molecule has 1 aliphatic heterocycles. The summed E-state index contributed by atoms with van der Waals surface area (Å²) in [6.07, 6.45) is 5.37. The van der Waals surface area contributed by atoms with Gasteiger partial charge in [0.05, 0.1) is 12.7 Å². The topological polar surface area (TPSA) is 102 Å². The number of ether oxygens (including phenoxy) is 2. The molecule has 5 rings (SSSR count). The van der Waals surface area contributed by atoms with Gasteiger partial charge in [-0.1, -0.05) is 30.7 Å². The van der Waals surface area contributed by atoms with Crippen molar-refractivity contribution in [2.24, 2.45) is 11.8 Å². The van der Waals surface area contributed by atoms with Crippen molar-refractivity contribution in [3.05, 3.63) is 65.2 Å². The maximum Gasteiger partial charge on any atom is 0.343 e. The van der Waals surface area contributed by atoms with E-state index in [1.54, 1.807) is 42.5 Å². The van der Waals surface area contributed by atoms with E-state index in [-0.39, 0.29) is 23.1 Å². The lowest BCUT2D eigenvalue weighted by Gasteiger charge is -2.35. The standard InChI is InChI=1S/C26H24N2O6/c1-33-22-14-16(8-10-21(22)34-25(31)17-5-3-2-4-6-17)12-19-23(29)27-26(32)28(24(19)30)20-13-15-7-9-18(20)11-15/h2-6,8,10,12,14-15,18,20H,7,9,11,13H2,1H3,(H,27,29,32)/b19-12+/t15-,18-,20+/m0/s1. The number of amides is 4. The summed E-state index contributed by atoms with van der Waals surface area (Å²) in [6.45, 7) is 0. The molecule has 0 unspecified atom stereocenters. The number of fused-ring (bicyclic) bond motifs is 2. The smallest absolute Gasteiger partial charge is 0.343 e. The molecule has 0 radical (unpaired) electrons. The molecule has 2 bridgehead atoms. The quantitative estimate of drug-likeness (QED) is 0.317. The number of rotatable bonds is 5. The summed E-state index contributed by atoms with van der Waals surface area (Å²) in [5.41, 5.74) is 0.779. The zero-order chi connectivity index (χ0) is 23.8. The summed E-state index contributed by atoms with van der Waals surface area (Å²) in [4.78, 5) is 51.9. The minimum absolute atomic E-state index is 0.113. The highest BCUT2D eigenvalue weighted by Gasteiger charge is 2.49. The summed E-state index contributed by atoms with van der Waals surface area (Å²) in [5, 5.41) is 2.31. The Bertz CT molecular complexity index is 1210. The average Bonchev–Trinajstić information content (AvgIpc) is 3.47. The molecule has 34 heavy (non-hydrogen) atoms. The number of barbiturate groups is 1. The Labute approximate surface area is 196 Å². The van der Waals surface area contributed by atoms with E-state index < -0.39 is 23.8 Å². The molecular formula is C26H24N2O6. The van der Waals surface area contributed by atoms with Crippen LogP contribution in [0.15, 0.2) is 54.1 Å². The van der Waals surface area contributed by atoms with Crippen molar-refractivity contribution in [1.82, 2.24) is 10.2 Å². The van der Waals surface area contributed by atoms with Crippen molar-refractivity contribution in [2.45, 2.75) is 31.7 Å². The molecule has 0 spiro atoms. The predicted octanol–water partition coefficient (Wildman–Crippen LogP) is 3.56. The highest BCUT2D eigenvalue weighted by atomic mass is 16.6. The number of hydrogen-bond acceptors (Lipinski definition) is 6. The van der Waals surface area contributed by atoms with Gasteiger partial charge in [-0.05, 0) is 67.0 Å². The molecular weight excluding hydrogens is 436 g/mol. The Kier molecular flexibility index (Phi) is 5.65.